The molecule has 1 heterocycles. The first-order chi connectivity index (χ1) is 8.33. The summed E-state index contributed by atoms with van der Waals surface area (Å²) in [5.41, 5.74) is 8.07. The molecule has 17 heavy (non-hydrogen) atoms. The molecular weight excluding hydrogens is 216 g/mol. The first-order valence-corrected chi connectivity index (χ1v) is 6.05. The van der Waals surface area contributed by atoms with E-state index < -0.39 is 0 Å². The van der Waals surface area contributed by atoms with Gasteiger partial charge in [-0.05, 0) is 42.7 Å². The number of hydrogen-bond donors (Lipinski definition) is 2. The number of fused-ring (bicyclic) bond motifs is 1. The number of hydrogen-bond acceptors (Lipinski definition) is 4. The average Bonchev–Trinajstić information content (AvgIpc) is 2.72. The van der Waals surface area contributed by atoms with Crippen molar-refractivity contribution in [1.82, 2.24) is 15.2 Å². The van der Waals surface area contributed by atoms with E-state index in [0.29, 0.717) is 5.52 Å². The second-order valence-electron chi connectivity index (χ2n) is 4.22. The quantitative estimate of drug-likeness (QED) is 0.589. The Balaban J connectivity index is 1.99. The highest BCUT2D eigenvalue weighted by atomic mass is 16.5. The largest absolute Gasteiger partial charge is 0.410 e. The van der Waals surface area contributed by atoms with Gasteiger partial charge in [-0.1, -0.05) is 29.8 Å². The second kappa shape index (κ2) is 5.63. The normalized spacial score (nSPS) is 11.1. The van der Waals surface area contributed by atoms with Crippen molar-refractivity contribution in [1.29, 1.82) is 0 Å². The van der Waals surface area contributed by atoms with E-state index in [1.165, 1.54) is 12.8 Å². The van der Waals surface area contributed by atoms with Crippen molar-refractivity contribution in [3.8, 4) is 0 Å². The van der Waals surface area contributed by atoms with Crippen molar-refractivity contribution in [2.45, 2.75) is 32.1 Å². The maximum absolute atomic E-state index is 9.41. The molecule has 0 atom stereocenters. The molecule has 0 unspecified atom stereocenters. The second-order valence-corrected chi connectivity index (χ2v) is 4.22. The van der Waals surface area contributed by atoms with E-state index in [9.17, 15) is 5.21 Å². The molecule has 0 saturated carbocycles. The number of rotatable bonds is 6. The molecule has 92 valence electrons. The van der Waals surface area contributed by atoms with E-state index in [2.05, 4.69) is 10.3 Å². The maximum Gasteiger partial charge on any atom is 0.130 e. The van der Waals surface area contributed by atoms with Crippen LogP contribution in [0.1, 0.15) is 31.2 Å². The Morgan fingerprint density at radius 2 is 2.00 bits per heavy atom. The third-order valence-corrected chi connectivity index (χ3v) is 2.94. The van der Waals surface area contributed by atoms with Crippen molar-refractivity contribution in [3.05, 3.63) is 23.8 Å². The third kappa shape index (κ3) is 2.74. The minimum Gasteiger partial charge on any atom is -0.410 e. The molecule has 5 heteroatoms. The molecule has 3 N–H and O–H groups in total. The Morgan fingerprint density at radius 3 is 2.82 bits per heavy atom. The first-order valence-electron chi connectivity index (χ1n) is 6.05. The molecule has 0 bridgehead atoms. The molecule has 2 aromatic rings. The van der Waals surface area contributed by atoms with Crippen LogP contribution < -0.4 is 5.73 Å². The summed E-state index contributed by atoms with van der Waals surface area (Å²) < 4.78 is 0. The molecule has 0 aliphatic rings. The minimum atomic E-state index is 0.671. The zero-order valence-corrected chi connectivity index (χ0v) is 9.84. The van der Waals surface area contributed by atoms with Crippen LogP contribution >= 0.6 is 0 Å². The van der Waals surface area contributed by atoms with E-state index in [1.807, 2.05) is 18.2 Å². The fourth-order valence-corrected chi connectivity index (χ4v) is 2.00. The van der Waals surface area contributed by atoms with Crippen molar-refractivity contribution < 1.29 is 5.21 Å². The van der Waals surface area contributed by atoms with Crippen LogP contribution in [0.2, 0.25) is 0 Å². The zero-order chi connectivity index (χ0) is 12.1. The summed E-state index contributed by atoms with van der Waals surface area (Å²) in [7, 11) is 0. The third-order valence-electron chi connectivity index (χ3n) is 2.94. The van der Waals surface area contributed by atoms with Gasteiger partial charge in [0.25, 0.3) is 0 Å². The van der Waals surface area contributed by atoms with Gasteiger partial charge in [0.1, 0.15) is 11.0 Å². The van der Waals surface area contributed by atoms with E-state index in [1.54, 1.807) is 0 Å². The average molecular weight is 234 g/mol. The van der Waals surface area contributed by atoms with Gasteiger partial charge in [-0.15, -0.1) is 5.10 Å². The van der Waals surface area contributed by atoms with Crippen LogP contribution in [0.5, 0.6) is 0 Å². The molecule has 2 rings (SSSR count). The van der Waals surface area contributed by atoms with E-state index >= 15 is 0 Å². The SMILES string of the molecule is NCCCCCCc1cccc2c1nnn2O. The lowest BCUT2D eigenvalue weighted by atomic mass is 10.0. The zero-order valence-electron chi connectivity index (χ0n) is 9.84. The lowest BCUT2D eigenvalue weighted by Crippen LogP contribution is -1.98. The molecule has 0 amide bonds. The number of benzene rings is 1. The Bertz CT molecular complexity index is 480. The molecule has 0 spiro atoms. The molecule has 0 saturated heterocycles. The van der Waals surface area contributed by atoms with Crippen molar-refractivity contribution in [2.24, 2.45) is 5.73 Å². The molecular formula is C12H18N4O. The maximum atomic E-state index is 9.41. The van der Waals surface area contributed by atoms with Crippen LogP contribution in [0.15, 0.2) is 18.2 Å². The molecule has 0 aliphatic carbocycles. The molecule has 1 aromatic heterocycles. The van der Waals surface area contributed by atoms with Gasteiger partial charge in [0, 0.05) is 0 Å². The predicted molar refractivity (Wildman–Crippen MR) is 65.9 cm³/mol. The highest BCUT2D eigenvalue weighted by Gasteiger charge is 2.07. The monoisotopic (exact) mass is 234 g/mol. The molecule has 5 nitrogen and oxygen atoms in total. The summed E-state index contributed by atoms with van der Waals surface area (Å²) >= 11 is 0. The number of aryl methyl sites for hydroxylation is 1. The summed E-state index contributed by atoms with van der Waals surface area (Å²) in [6, 6.07) is 5.78. The van der Waals surface area contributed by atoms with Crippen molar-refractivity contribution >= 4 is 11.0 Å². The van der Waals surface area contributed by atoms with Gasteiger partial charge in [0.05, 0.1) is 0 Å². The highest BCUT2D eigenvalue weighted by Crippen LogP contribution is 2.17. The Hall–Kier alpha value is -1.62. The van der Waals surface area contributed by atoms with Gasteiger partial charge in [-0.2, -0.15) is 0 Å². The highest BCUT2D eigenvalue weighted by molar-refractivity contribution is 5.77. The lowest BCUT2D eigenvalue weighted by molar-refractivity contribution is 0.155. The van der Waals surface area contributed by atoms with Gasteiger partial charge in [0.2, 0.25) is 0 Å². The lowest BCUT2D eigenvalue weighted by Gasteiger charge is -2.02. The summed E-state index contributed by atoms with van der Waals surface area (Å²) in [6.45, 7) is 0.772. The van der Waals surface area contributed by atoms with Crippen LogP contribution in [0.4, 0.5) is 0 Å². The molecule has 0 aliphatic heterocycles. The Labute approximate surface area is 100 Å². The van der Waals surface area contributed by atoms with E-state index in [-0.39, 0.29) is 0 Å². The minimum absolute atomic E-state index is 0.671. The Morgan fingerprint density at radius 1 is 1.18 bits per heavy atom. The fourth-order valence-electron chi connectivity index (χ4n) is 2.00. The first kappa shape index (κ1) is 11.9. The van der Waals surface area contributed by atoms with Crippen LogP contribution in [0, 0.1) is 0 Å². The van der Waals surface area contributed by atoms with Crippen LogP contribution in [0.3, 0.4) is 0 Å². The smallest absolute Gasteiger partial charge is 0.130 e. The number of nitrogens with zero attached hydrogens (tertiary/aromatic N) is 3. The van der Waals surface area contributed by atoms with Gasteiger partial charge < -0.3 is 10.9 Å². The standard InChI is InChI=1S/C12H18N4O/c13-9-4-2-1-3-6-10-7-5-8-11-12(10)14-15-16(11)17/h5,7-8,17H,1-4,6,9,13H2. The van der Waals surface area contributed by atoms with E-state index in [0.717, 1.165) is 41.7 Å². The summed E-state index contributed by atoms with van der Waals surface area (Å²) in [4.78, 5) is 0.827. The summed E-state index contributed by atoms with van der Waals surface area (Å²) in [5.74, 6) is 0. The summed E-state index contributed by atoms with van der Waals surface area (Å²) in [5, 5.41) is 17.0. The van der Waals surface area contributed by atoms with Gasteiger partial charge >= 0.3 is 0 Å². The number of nitrogens with two attached hydrogens (primary N) is 1. The number of unbranched alkanes of at least 4 members (excludes halogenated alkanes) is 3. The van der Waals surface area contributed by atoms with Gasteiger partial charge in [-0.3, -0.25) is 0 Å². The van der Waals surface area contributed by atoms with Gasteiger partial charge in [0.15, 0.2) is 0 Å². The van der Waals surface area contributed by atoms with Crippen molar-refractivity contribution in [2.75, 3.05) is 6.54 Å². The fraction of sp³-hybridized carbons (Fsp3) is 0.500. The van der Waals surface area contributed by atoms with E-state index in [4.69, 9.17) is 5.73 Å². The Kier molecular flexibility index (Phi) is 3.93. The summed E-state index contributed by atoms with van der Waals surface area (Å²) in [6.07, 6.45) is 5.55. The molecule has 0 radical (unpaired) electrons. The van der Waals surface area contributed by atoms with Crippen LogP contribution in [-0.2, 0) is 6.42 Å². The van der Waals surface area contributed by atoms with Crippen LogP contribution in [-0.4, -0.2) is 26.9 Å². The number of aromatic nitrogens is 3. The molecule has 1 aromatic carbocycles. The van der Waals surface area contributed by atoms with Crippen molar-refractivity contribution in [3.63, 3.8) is 0 Å². The topological polar surface area (TPSA) is 77.0 Å². The van der Waals surface area contributed by atoms with Gasteiger partial charge in [-0.25, -0.2) is 0 Å². The van der Waals surface area contributed by atoms with Crippen LogP contribution in [0.25, 0.3) is 11.0 Å². The molecule has 0 fully saturated rings. The predicted octanol–water partition coefficient (Wildman–Crippen LogP) is 1.73.